The normalized spacial score (nSPS) is 12.8. The average Bonchev–Trinajstić information content (AvgIpc) is 3.50. The summed E-state index contributed by atoms with van der Waals surface area (Å²) in [5, 5.41) is 0. The average molecular weight is 1150 g/mol. The third-order valence-corrected chi connectivity index (χ3v) is 15.3. The Balaban J connectivity index is 4.11. The molecule has 0 aromatic carbocycles. The van der Waals surface area contributed by atoms with Crippen LogP contribution in [0.4, 0.5) is 0 Å². The Morgan fingerprint density at radius 2 is 0.470 bits per heavy atom. The van der Waals surface area contributed by atoms with Crippen LogP contribution in [-0.2, 0) is 28.6 Å². The molecule has 0 bridgehead atoms. The zero-order valence-corrected chi connectivity index (χ0v) is 54.7. The summed E-state index contributed by atoms with van der Waals surface area (Å²) in [6.07, 6.45) is 97.1. The van der Waals surface area contributed by atoms with E-state index < -0.39 is 6.10 Å². The van der Waals surface area contributed by atoms with E-state index in [1.165, 1.54) is 186 Å². The molecule has 83 heavy (non-hydrogen) atoms. The van der Waals surface area contributed by atoms with E-state index in [9.17, 15) is 14.4 Å². The number of rotatable bonds is 64. The minimum Gasteiger partial charge on any atom is -0.462 e. The molecule has 0 heterocycles. The minimum absolute atomic E-state index is 0.0780. The van der Waals surface area contributed by atoms with Gasteiger partial charge in [0.05, 0.1) is 0 Å². The van der Waals surface area contributed by atoms with Gasteiger partial charge in [0.15, 0.2) is 6.10 Å². The Hall–Kier alpha value is -3.93. The number of unbranched alkanes of at least 4 members (excludes halogenated alkanes) is 35. The summed E-state index contributed by atoms with van der Waals surface area (Å²) >= 11 is 0. The maximum Gasteiger partial charge on any atom is 0.306 e. The molecule has 476 valence electrons. The van der Waals surface area contributed by atoms with Gasteiger partial charge in [0.1, 0.15) is 13.2 Å². The quantitative estimate of drug-likeness (QED) is 0.0261. The number of ether oxygens (including phenoxy) is 3. The van der Waals surface area contributed by atoms with Gasteiger partial charge in [0.2, 0.25) is 0 Å². The van der Waals surface area contributed by atoms with E-state index in [0.29, 0.717) is 19.3 Å². The van der Waals surface area contributed by atoms with Crippen molar-refractivity contribution in [2.75, 3.05) is 13.2 Å². The SMILES string of the molecule is CC/C=C\C/C=C\C/C=C\C/C=C\C/C=C\C/C=C\C/C=C\C/C=C\CCCCCCCCCCC(=O)OCC(COC(=O)CCCCCCCCC)OC(=O)CCCCCCCCCCCCCCC/C=C\CCCCCCCCCC. The predicted octanol–water partition coefficient (Wildman–Crippen LogP) is 24.6. The molecule has 0 amide bonds. The van der Waals surface area contributed by atoms with Crippen LogP contribution in [0.3, 0.4) is 0 Å². The third kappa shape index (κ3) is 68.7. The van der Waals surface area contributed by atoms with Crippen LogP contribution in [0.15, 0.2) is 109 Å². The Bertz CT molecular complexity index is 1660. The van der Waals surface area contributed by atoms with Crippen molar-refractivity contribution in [3.05, 3.63) is 109 Å². The maximum atomic E-state index is 12.9. The van der Waals surface area contributed by atoms with Gasteiger partial charge in [-0.2, -0.15) is 0 Å². The van der Waals surface area contributed by atoms with Gasteiger partial charge in [-0.1, -0.05) is 323 Å². The molecule has 0 aliphatic heterocycles. The molecule has 0 aromatic rings. The molecule has 0 saturated heterocycles. The second-order valence-electron chi connectivity index (χ2n) is 23.4. The van der Waals surface area contributed by atoms with Crippen LogP contribution in [-0.4, -0.2) is 37.2 Å². The van der Waals surface area contributed by atoms with Crippen molar-refractivity contribution < 1.29 is 28.6 Å². The first-order valence-corrected chi connectivity index (χ1v) is 35.4. The van der Waals surface area contributed by atoms with Crippen molar-refractivity contribution in [3.8, 4) is 0 Å². The topological polar surface area (TPSA) is 78.9 Å². The Labute approximate surface area is 514 Å². The van der Waals surface area contributed by atoms with E-state index in [2.05, 4.69) is 130 Å². The summed E-state index contributed by atoms with van der Waals surface area (Å²) in [6.45, 7) is 6.51. The van der Waals surface area contributed by atoms with Crippen LogP contribution in [0.1, 0.15) is 342 Å². The summed E-state index contributed by atoms with van der Waals surface area (Å²) in [7, 11) is 0. The molecule has 0 spiro atoms. The predicted molar refractivity (Wildman–Crippen MR) is 362 cm³/mol. The second kappa shape index (κ2) is 70.6. The first-order chi connectivity index (χ1) is 41.0. The highest BCUT2D eigenvalue weighted by Crippen LogP contribution is 2.17. The van der Waals surface area contributed by atoms with E-state index in [1.54, 1.807) is 0 Å². The van der Waals surface area contributed by atoms with Crippen LogP contribution in [0, 0.1) is 0 Å². The van der Waals surface area contributed by atoms with E-state index in [1.807, 2.05) is 0 Å². The molecular formula is C77H132O6. The fraction of sp³-hybridized carbons (Fsp3) is 0.727. The highest BCUT2D eigenvalue weighted by Gasteiger charge is 2.19. The van der Waals surface area contributed by atoms with Gasteiger partial charge in [-0.05, 0) is 109 Å². The van der Waals surface area contributed by atoms with Crippen LogP contribution in [0.5, 0.6) is 0 Å². The molecule has 1 unspecified atom stereocenters. The highest BCUT2D eigenvalue weighted by molar-refractivity contribution is 5.71. The second-order valence-corrected chi connectivity index (χ2v) is 23.4. The summed E-state index contributed by atoms with van der Waals surface area (Å²) < 4.78 is 16.9. The van der Waals surface area contributed by atoms with Gasteiger partial charge in [0.25, 0.3) is 0 Å². The molecule has 6 nitrogen and oxygen atoms in total. The monoisotopic (exact) mass is 1150 g/mol. The number of allylic oxidation sites excluding steroid dienone is 18. The minimum atomic E-state index is -0.780. The van der Waals surface area contributed by atoms with E-state index in [4.69, 9.17) is 14.2 Å². The van der Waals surface area contributed by atoms with Gasteiger partial charge in [-0.3, -0.25) is 14.4 Å². The number of hydrogen-bond donors (Lipinski definition) is 0. The number of carbonyl (C=O) groups is 3. The lowest BCUT2D eigenvalue weighted by molar-refractivity contribution is -0.167. The van der Waals surface area contributed by atoms with Crippen molar-refractivity contribution >= 4 is 17.9 Å². The van der Waals surface area contributed by atoms with E-state index in [-0.39, 0.29) is 31.1 Å². The molecule has 0 N–H and O–H groups in total. The van der Waals surface area contributed by atoms with Crippen LogP contribution < -0.4 is 0 Å². The number of hydrogen-bond acceptors (Lipinski definition) is 6. The molecule has 1 atom stereocenters. The largest absolute Gasteiger partial charge is 0.462 e. The first kappa shape index (κ1) is 79.1. The van der Waals surface area contributed by atoms with Crippen molar-refractivity contribution in [2.24, 2.45) is 0 Å². The lowest BCUT2D eigenvalue weighted by Crippen LogP contribution is -2.30. The fourth-order valence-electron chi connectivity index (χ4n) is 9.99. The van der Waals surface area contributed by atoms with E-state index in [0.717, 1.165) is 116 Å². The highest BCUT2D eigenvalue weighted by atomic mass is 16.6. The molecule has 0 aliphatic carbocycles. The molecule has 0 saturated carbocycles. The number of esters is 3. The Kier molecular flexibility index (Phi) is 67.2. The third-order valence-electron chi connectivity index (χ3n) is 15.3. The van der Waals surface area contributed by atoms with Crippen LogP contribution >= 0.6 is 0 Å². The van der Waals surface area contributed by atoms with Gasteiger partial charge in [0, 0.05) is 19.3 Å². The van der Waals surface area contributed by atoms with Crippen molar-refractivity contribution in [3.63, 3.8) is 0 Å². The van der Waals surface area contributed by atoms with Crippen LogP contribution in [0.25, 0.3) is 0 Å². The molecule has 6 heteroatoms. The summed E-state index contributed by atoms with van der Waals surface area (Å²) in [4.78, 5) is 38.2. The standard InChI is InChI=1S/C77H132O6/c1-4-7-10-13-16-18-20-22-24-26-28-30-32-34-35-36-37-38-39-40-41-43-44-46-48-50-52-54-56-58-61-64-67-70-76(79)82-73-74(72-81-75(78)69-66-63-60-15-12-9-6-3)83-77(80)71-68-65-62-59-57-55-53-51-49-47-45-42-33-31-29-27-25-23-21-19-17-14-11-8-5-2/h7,10,16,18,22,24,27-30,34-35,37-38,40-41,44,46,74H,4-6,8-9,11-15,17,19-21,23,25-26,31-33,36,39,42-43,45,47-73H2,1-3H3/b10-7-,18-16-,24-22-,29-27-,30-28-,35-34-,38-37-,41-40-,46-44-. The van der Waals surface area contributed by atoms with Crippen LogP contribution in [0.2, 0.25) is 0 Å². The van der Waals surface area contributed by atoms with Gasteiger partial charge in [-0.15, -0.1) is 0 Å². The Morgan fingerprint density at radius 3 is 0.747 bits per heavy atom. The first-order valence-electron chi connectivity index (χ1n) is 35.4. The lowest BCUT2D eigenvalue weighted by atomic mass is 10.0. The lowest BCUT2D eigenvalue weighted by Gasteiger charge is -2.18. The fourth-order valence-corrected chi connectivity index (χ4v) is 9.99. The number of carbonyl (C=O) groups excluding carboxylic acids is 3. The zero-order valence-electron chi connectivity index (χ0n) is 54.7. The molecular weight excluding hydrogens is 1020 g/mol. The summed E-state index contributed by atoms with van der Waals surface area (Å²) in [5.74, 6) is -0.882. The molecule has 0 aromatic heterocycles. The van der Waals surface area contributed by atoms with Gasteiger partial charge in [-0.25, -0.2) is 0 Å². The summed E-state index contributed by atoms with van der Waals surface area (Å²) in [6, 6.07) is 0. The maximum absolute atomic E-state index is 12.9. The van der Waals surface area contributed by atoms with Crippen molar-refractivity contribution in [2.45, 2.75) is 348 Å². The van der Waals surface area contributed by atoms with E-state index >= 15 is 0 Å². The Morgan fingerprint density at radius 1 is 0.253 bits per heavy atom. The van der Waals surface area contributed by atoms with Crippen molar-refractivity contribution in [1.29, 1.82) is 0 Å². The summed E-state index contributed by atoms with van der Waals surface area (Å²) in [5.41, 5.74) is 0. The van der Waals surface area contributed by atoms with Gasteiger partial charge < -0.3 is 14.2 Å². The molecule has 0 rings (SSSR count). The molecule has 0 aliphatic rings. The van der Waals surface area contributed by atoms with Gasteiger partial charge >= 0.3 is 17.9 Å². The van der Waals surface area contributed by atoms with Crippen molar-refractivity contribution in [1.82, 2.24) is 0 Å². The molecule has 0 radical (unpaired) electrons. The molecule has 0 fully saturated rings. The smallest absolute Gasteiger partial charge is 0.306 e. The zero-order chi connectivity index (χ0) is 59.9.